The molecule has 1 aliphatic heterocycles. The summed E-state index contributed by atoms with van der Waals surface area (Å²) in [5.41, 5.74) is 7.23. The van der Waals surface area contributed by atoms with E-state index in [0.29, 0.717) is 22.5 Å². The van der Waals surface area contributed by atoms with Crippen molar-refractivity contribution in [2.75, 3.05) is 6.54 Å². The van der Waals surface area contributed by atoms with Crippen LogP contribution >= 0.6 is 11.3 Å². The number of hydrogen-bond acceptors (Lipinski definition) is 6. The molecule has 3 N–H and O–H groups in total. The second-order valence-electron chi connectivity index (χ2n) is 7.01. The van der Waals surface area contributed by atoms with E-state index in [0.717, 1.165) is 22.6 Å². The fraction of sp³-hybridized carbons (Fsp3) is 0.182. The first kappa shape index (κ1) is 19.9. The standard InChI is InChI=1S/C22H18FN5OS/c1-13(21-28-19(10-30-21)15-4-2-14(9-24)3-5-15)22(29)11-26-20(27-12-25)17-8-16(23)6-7-18(17)22/h2-8,10,12-13,29H,11H2,1H3,(H2,25,26,27)/t13?,22-/m1/s1. The molecule has 0 saturated carbocycles. The highest BCUT2D eigenvalue weighted by Gasteiger charge is 2.42. The molecule has 1 aromatic heterocycles. The van der Waals surface area contributed by atoms with E-state index in [2.05, 4.69) is 16.1 Å². The van der Waals surface area contributed by atoms with Crippen LogP contribution in [0.25, 0.3) is 11.3 Å². The third-order valence-corrected chi connectivity index (χ3v) is 6.30. The van der Waals surface area contributed by atoms with Gasteiger partial charge in [0.05, 0.1) is 35.2 Å². The molecule has 2 aromatic carbocycles. The van der Waals surface area contributed by atoms with Gasteiger partial charge in [-0.05, 0) is 29.8 Å². The van der Waals surface area contributed by atoms with E-state index in [-0.39, 0.29) is 6.54 Å². The highest BCUT2D eigenvalue weighted by molar-refractivity contribution is 7.10. The molecule has 0 spiro atoms. The molecule has 8 heteroatoms. The number of nitrogens with two attached hydrogens (primary N) is 1. The van der Waals surface area contributed by atoms with Gasteiger partial charge in [-0.25, -0.2) is 14.4 Å². The third kappa shape index (κ3) is 3.38. The fourth-order valence-electron chi connectivity index (χ4n) is 3.53. The number of aliphatic imine (C=N–C) groups is 2. The predicted octanol–water partition coefficient (Wildman–Crippen LogP) is 3.56. The summed E-state index contributed by atoms with van der Waals surface area (Å²) >= 11 is 1.44. The molecule has 30 heavy (non-hydrogen) atoms. The number of aromatic nitrogens is 1. The summed E-state index contributed by atoms with van der Waals surface area (Å²) in [6.07, 6.45) is 1.10. The van der Waals surface area contributed by atoms with Crippen molar-refractivity contribution in [2.45, 2.75) is 18.4 Å². The third-order valence-electron chi connectivity index (χ3n) is 5.27. The molecule has 0 fully saturated rings. The summed E-state index contributed by atoms with van der Waals surface area (Å²) in [5, 5.41) is 23.2. The predicted molar refractivity (Wildman–Crippen MR) is 115 cm³/mol. The quantitative estimate of drug-likeness (QED) is 0.500. The molecule has 2 heterocycles. The first-order chi connectivity index (χ1) is 14.5. The zero-order chi connectivity index (χ0) is 21.3. The highest BCUT2D eigenvalue weighted by Crippen LogP contribution is 2.43. The topological polar surface area (TPSA) is 108 Å². The smallest absolute Gasteiger partial charge is 0.156 e. The van der Waals surface area contributed by atoms with Crippen molar-refractivity contribution in [3.8, 4) is 17.3 Å². The number of hydrogen-bond donors (Lipinski definition) is 2. The Labute approximate surface area is 176 Å². The van der Waals surface area contributed by atoms with E-state index < -0.39 is 17.3 Å². The van der Waals surface area contributed by atoms with Gasteiger partial charge >= 0.3 is 0 Å². The summed E-state index contributed by atoms with van der Waals surface area (Å²) in [7, 11) is 0. The van der Waals surface area contributed by atoms with E-state index in [1.807, 2.05) is 24.4 Å². The van der Waals surface area contributed by atoms with Gasteiger partial charge in [0, 0.05) is 22.4 Å². The summed E-state index contributed by atoms with van der Waals surface area (Å²) < 4.78 is 13.9. The lowest BCUT2D eigenvalue weighted by Gasteiger charge is -2.36. The van der Waals surface area contributed by atoms with Crippen LogP contribution in [0.5, 0.6) is 0 Å². The fourth-order valence-corrected chi connectivity index (χ4v) is 4.51. The SMILES string of the molecule is CC(c1nc(-c2ccc(C#N)cc2)cs1)[C@]1(O)CN=C(N=CN)c2cc(F)ccc21. The van der Waals surface area contributed by atoms with E-state index in [9.17, 15) is 9.50 Å². The number of nitriles is 1. The number of amidine groups is 1. The Morgan fingerprint density at radius 2 is 2.10 bits per heavy atom. The molecule has 2 atom stereocenters. The number of thiazole rings is 1. The van der Waals surface area contributed by atoms with Crippen LogP contribution in [0.15, 0.2) is 57.8 Å². The van der Waals surface area contributed by atoms with Gasteiger partial charge < -0.3 is 10.8 Å². The van der Waals surface area contributed by atoms with Crippen LogP contribution in [0.4, 0.5) is 4.39 Å². The first-order valence-electron chi connectivity index (χ1n) is 9.23. The maximum atomic E-state index is 13.9. The van der Waals surface area contributed by atoms with E-state index in [1.54, 1.807) is 18.2 Å². The van der Waals surface area contributed by atoms with Crippen LogP contribution in [0.2, 0.25) is 0 Å². The minimum atomic E-state index is -1.36. The molecule has 1 aliphatic rings. The first-order valence-corrected chi connectivity index (χ1v) is 10.1. The Bertz CT molecular complexity index is 1190. The second kappa shape index (κ2) is 7.78. The molecule has 0 aliphatic carbocycles. The maximum Gasteiger partial charge on any atom is 0.156 e. The molecule has 0 saturated heterocycles. The van der Waals surface area contributed by atoms with E-state index >= 15 is 0 Å². The number of fused-ring (bicyclic) bond motifs is 1. The van der Waals surface area contributed by atoms with Crippen molar-refractivity contribution in [1.82, 2.24) is 4.98 Å². The summed E-state index contributed by atoms with van der Waals surface area (Å²) in [6, 6.07) is 13.5. The normalized spacial score (nSPS) is 19.2. The molecule has 1 unspecified atom stereocenters. The molecular weight excluding hydrogens is 401 g/mol. The number of rotatable bonds is 3. The molecule has 4 rings (SSSR count). The monoisotopic (exact) mass is 419 g/mol. The van der Waals surface area contributed by atoms with Gasteiger partial charge in [0.2, 0.25) is 0 Å². The number of aliphatic hydroxyl groups is 1. The van der Waals surface area contributed by atoms with Gasteiger partial charge in [-0.15, -0.1) is 11.3 Å². The van der Waals surface area contributed by atoms with Crippen molar-refractivity contribution in [2.24, 2.45) is 15.7 Å². The molecule has 150 valence electrons. The van der Waals surface area contributed by atoms with Gasteiger partial charge in [0.25, 0.3) is 0 Å². The van der Waals surface area contributed by atoms with Crippen LogP contribution in [0.1, 0.15) is 34.5 Å². The lowest BCUT2D eigenvalue weighted by Crippen LogP contribution is -2.40. The zero-order valence-electron chi connectivity index (χ0n) is 16.1. The second-order valence-corrected chi connectivity index (χ2v) is 7.90. The molecule has 0 amide bonds. The van der Waals surface area contributed by atoms with Crippen molar-refractivity contribution in [1.29, 1.82) is 5.26 Å². The van der Waals surface area contributed by atoms with Gasteiger partial charge in [0.1, 0.15) is 11.4 Å². The molecule has 0 radical (unpaired) electrons. The Morgan fingerprint density at radius 1 is 1.33 bits per heavy atom. The molecule has 6 nitrogen and oxygen atoms in total. The van der Waals surface area contributed by atoms with Gasteiger partial charge in [-0.3, -0.25) is 4.99 Å². The number of benzene rings is 2. The zero-order valence-corrected chi connectivity index (χ0v) is 16.9. The summed E-state index contributed by atoms with van der Waals surface area (Å²) in [6.45, 7) is 1.94. The van der Waals surface area contributed by atoms with Crippen molar-refractivity contribution in [3.05, 3.63) is 75.4 Å². The van der Waals surface area contributed by atoms with Gasteiger partial charge in [-0.2, -0.15) is 5.26 Å². The summed E-state index contributed by atoms with van der Waals surface area (Å²) in [5.74, 6) is -0.546. The lowest BCUT2D eigenvalue weighted by atomic mass is 9.78. The Hall–Kier alpha value is -3.41. The largest absolute Gasteiger partial charge is 0.390 e. The van der Waals surface area contributed by atoms with Crippen molar-refractivity contribution >= 4 is 23.5 Å². The Balaban J connectivity index is 1.71. The lowest BCUT2D eigenvalue weighted by molar-refractivity contribution is 0.0204. The van der Waals surface area contributed by atoms with E-state index in [1.165, 1.54) is 23.5 Å². The van der Waals surface area contributed by atoms with Crippen LogP contribution in [-0.4, -0.2) is 28.8 Å². The highest BCUT2D eigenvalue weighted by atomic mass is 32.1. The molecule has 3 aromatic rings. The summed E-state index contributed by atoms with van der Waals surface area (Å²) in [4.78, 5) is 13.1. The minimum Gasteiger partial charge on any atom is -0.390 e. The molecular formula is C22H18FN5OS. The van der Waals surface area contributed by atoms with Crippen molar-refractivity contribution in [3.63, 3.8) is 0 Å². The molecule has 0 bridgehead atoms. The van der Waals surface area contributed by atoms with E-state index in [4.69, 9.17) is 16.0 Å². The minimum absolute atomic E-state index is 0.0608. The Morgan fingerprint density at radius 3 is 2.80 bits per heavy atom. The van der Waals surface area contributed by atoms with Crippen LogP contribution < -0.4 is 5.73 Å². The van der Waals surface area contributed by atoms with Gasteiger partial charge in [0.15, 0.2) is 5.84 Å². The van der Waals surface area contributed by atoms with Crippen LogP contribution in [-0.2, 0) is 5.60 Å². The average Bonchev–Trinajstić information content (AvgIpc) is 3.25. The number of halogens is 1. The van der Waals surface area contributed by atoms with Crippen molar-refractivity contribution < 1.29 is 9.50 Å². The maximum absolute atomic E-state index is 13.9. The van der Waals surface area contributed by atoms with Crippen LogP contribution in [0, 0.1) is 17.1 Å². The van der Waals surface area contributed by atoms with Crippen LogP contribution in [0.3, 0.4) is 0 Å². The Kier molecular flexibility index (Phi) is 5.16. The number of nitrogens with zero attached hydrogens (tertiary/aromatic N) is 4. The average molecular weight is 419 g/mol. The van der Waals surface area contributed by atoms with Gasteiger partial charge in [-0.1, -0.05) is 25.1 Å².